The van der Waals surface area contributed by atoms with Crippen molar-refractivity contribution in [1.29, 1.82) is 0 Å². The molecule has 0 saturated heterocycles. The number of rotatable bonds is 8. The van der Waals surface area contributed by atoms with Gasteiger partial charge in [-0.1, -0.05) is 6.92 Å². The highest BCUT2D eigenvalue weighted by Gasteiger charge is 2.14. The monoisotopic (exact) mass is 397 g/mol. The summed E-state index contributed by atoms with van der Waals surface area (Å²) in [5, 5.41) is 15.8. The number of ether oxygens (including phenoxy) is 1. The van der Waals surface area contributed by atoms with Crippen LogP contribution in [0.5, 0.6) is 0 Å². The average Bonchev–Trinajstić information content (AvgIpc) is 3.38. The van der Waals surface area contributed by atoms with Crippen molar-refractivity contribution in [3.05, 3.63) is 47.2 Å². The van der Waals surface area contributed by atoms with Gasteiger partial charge in [0.05, 0.1) is 6.20 Å². The fourth-order valence-electron chi connectivity index (χ4n) is 3.24. The molecule has 0 saturated carbocycles. The van der Waals surface area contributed by atoms with Crippen molar-refractivity contribution >= 4 is 12.0 Å². The standard InChI is InChI=1S/C20H27N7O2/c1-6-11-25-18(22-23-24-25)13-29-20(28)8-7-17-12-15(4)26(16(17)5)19-9-10-21-27(19)14(2)3/h7-10,12,14H,6,11,13H2,1-5H3/b8-7+. The minimum atomic E-state index is -0.437. The van der Waals surface area contributed by atoms with Crippen LogP contribution in [-0.4, -0.2) is 40.5 Å². The van der Waals surface area contributed by atoms with Crippen molar-refractivity contribution in [1.82, 2.24) is 34.6 Å². The number of carbonyl (C=O) groups is 1. The molecule has 154 valence electrons. The molecule has 0 spiro atoms. The maximum absolute atomic E-state index is 12.1. The molecule has 3 rings (SSSR count). The van der Waals surface area contributed by atoms with Crippen LogP contribution in [0.25, 0.3) is 11.9 Å². The molecular weight excluding hydrogens is 370 g/mol. The van der Waals surface area contributed by atoms with E-state index in [2.05, 4.69) is 39.0 Å². The van der Waals surface area contributed by atoms with Gasteiger partial charge in [0, 0.05) is 36.1 Å². The molecular formula is C20H27N7O2. The highest BCUT2D eigenvalue weighted by atomic mass is 16.5. The molecule has 3 heterocycles. The van der Waals surface area contributed by atoms with Crippen molar-refractivity contribution in [3.8, 4) is 5.82 Å². The lowest BCUT2D eigenvalue weighted by Crippen LogP contribution is -2.11. The van der Waals surface area contributed by atoms with E-state index in [-0.39, 0.29) is 12.6 Å². The smallest absolute Gasteiger partial charge is 0.331 e. The molecule has 0 aromatic carbocycles. The number of hydrogen-bond donors (Lipinski definition) is 0. The molecule has 9 heteroatoms. The first kappa shape index (κ1) is 20.5. The topological polar surface area (TPSA) is 92.7 Å². The van der Waals surface area contributed by atoms with Gasteiger partial charge >= 0.3 is 5.97 Å². The van der Waals surface area contributed by atoms with Crippen LogP contribution in [0.1, 0.15) is 56.0 Å². The summed E-state index contributed by atoms with van der Waals surface area (Å²) in [7, 11) is 0. The van der Waals surface area contributed by atoms with E-state index in [1.54, 1.807) is 17.0 Å². The third-order valence-electron chi connectivity index (χ3n) is 4.62. The zero-order valence-corrected chi connectivity index (χ0v) is 17.5. The first-order valence-corrected chi connectivity index (χ1v) is 9.75. The van der Waals surface area contributed by atoms with Crippen LogP contribution in [0.4, 0.5) is 0 Å². The molecule has 0 aliphatic heterocycles. The minimum absolute atomic E-state index is 0.0444. The molecule has 0 N–H and O–H groups in total. The number of esters is 1. The van der Waals surface area contributed by atoms with Crippen LogP contribution in [0, 0.1) is 13.8 Å². The van der Waals surface area contributed by atoms with Gasteiger partial charge in [-0.15, -0.1) is 5.10 Å². The summed E-state index contributed by atoms with van der Waals surface area (Å²) in [5.41, 5.74) is 3.05. The predicted molar refractivity (Wildman–Crippen MR) is 108 cm³/mol. The Morgan fingerprint density at radius 1 is 1.31 bits per heavy atom. The molecule has 0 bridgehead atoms. The first-order valence-electron chi connectivity index (χ1n) is 9.75. The van der Waals surface area contributed by atoms with E-state index in [0.29, 0.717) is 12.4 Å². The lowest BCUT2D eigenvalue weighted by atomic mass is 10.2. The van der Waals surface area contributed by atoms with Gasteiger partial charge in [-0.2, -0.15) is 5.10 Å². The third-order valence-corrected chi connectivity index (χ3v) is 4.62. The third kappa shape index (κ3) is 4.44. The van der Waals surface area contributed by atoms with Crippen LogP contribution in [-0.2, 0) is 22.7 Å². The second kappa shape index (κ2) is 8.85. The van der Waals surface area contributed by atoms with Gasteiger partial charge in [-0.25, -0.2) is 14.2 Å². The van der Waals surface area contributed by atoms with E-state index in [1.165, 1.54) is 6.08 Å². The van der Waals surface area contributed by atoms with Crippen LogP contribution in [0.2, 0.25) is 0 Å². The predicted octanol–water partition coefficient (Wildman–Crippen LogP) is 3.02. The number of aromatic nitrogens is 7. The van der Waals surface area contributed by atoms with Gasteiger partial charge in [0.2, 0.25) is 0 Å². The minimum Gasteiger partial charge on any atom is -0.454 e. The van der Waals surface area contributed by atoms with Gasteiger partial charge in [0.1, 0.15) is 5.82 Å². The summed E-state index contributed by atoms with van der Waals surface area (Å²) in [6.45, 7) is 11.0. The Morgan fingerprint density at radius 2 is 2.10 bits per heavy atom. The van der Waals surface area contributed by atoms with Crippen LogP contribution in [0.3, 0.4) is 0 Å². The Balaban J connectivity index is 1.72. The zero-order valence-electron chi connectivity index (χ0n) is 17.5. The Bertz CT molecular complexity index is 1010. The Labute approximate surface area is 170 Å². The molecule has 3 aromatic heterocycles. The van der Waals surface area contributed by atoms with Crippen molar-refractivity contribution < 1.29 is 9.53 Å². The number of carbonyl (C=O) groups excluding carboxylic acids is 1. The van der Waals surface area contributed by atoms with E-state index in [9.17, 15) is 4.79 Å². The van der Waals surface area contributed by atoms with E-state index in [4.69, 9.17) is 4.74 Å². The maximum atomic E-state index is 12.1. The molecule has 0 unspecified atom stereocenters. The summed E-state index contributed by atoms with van der Waals surface area (Å²) >= 11 is 0. The molecule has 3 aromatic rings. The summed E-state index contributed by atoms with van der Waals surface area (Å²) in [4.78, 5) is 12.1. The largest absolute Gasteiger partial charge is 0.454 e. The van der Waals surface area contributed by atoms with Gasteiger partial charge in [-0.3, -0.25) is 0 Å². The van der Waals surface area contributed by atoms with Crippen molar-refractivity contribution in [2.24, 2.45) is 0 Å². The summed E-state index contributed by atoms with van der Waals surface area (Å²) in [5.74, 6) is 1.10. The Hall–Kier alpha value is -3.23. The molecule has 0 radical (unpaired) electrons. The number of hydrogen-bond acceptors (Lipinski definition) is 6. The lowest BCUT2D eigenvalue weighted by Gasteiger charge is -2.15. The summed E-state index contributed by atoms with van der Waals surface area (Å²) in [6.07, 6.45) is 5.90. The Morgan fingerprint density at radius 3 is 2.83 bits per heavy atom. The van der Waals surface area contributed by atoms with E-state index in [0.717, 1.165) is 29.2 Å². The quantitative estimate of drug-likeness (QED) is 0.428. The summed E-state index contributed by atoms with van der Waals surface area (Å²) < 4.78 is 11.0. The maximum Gasteiger partial charge on any atom is 0.331 e. The lowest BCUT2D eigenvalue weighted by molar-refractivity contribution is -0.139. The van der Waals surface area contributed by atoms with Gasteiger partial charge in [0.25, 0.3) is 0 Å². The number of aryl methyl sites for hydroxylation is 2. The second-order valence-corrected chi connectivity index (χ2v) is 7.15. The highest BCUT2D eigenvalue weighted by molar-refractivity contribution is 5.87. The van der Waals surface area contributed by atoms with E-state index >= 15 is 0 Å². The average molecular weight is 397 g/mol. The van der Waals surface area contributed by atoms with Gasteiger partial charge < -0.3 is 9.30 Å². The summed E-state index contributed by atoms with van der Waals surface area (Å²) in [6, 6.07) is 4.28. The molecule has 0 aliphatic rings. The van der Waals surface area contributed by atoms with E-state index in [1.807, 2.05) is 37.6 Å². The van der Waals surface area contributed by atoms with Crippen molar-refractivity contribution in [3.63, 3.8) is 0 Å². The fraction of sp³-hybridized carbons (Fsp3) is 0.450. The molecule has 9 nitrogen and oxygen atoms in total. The fourth-order valence-corrected chi connectivity index (χ4v) is 3.24. The highest BCUT2D eigenvalue weighted by Crippen LogP contribution is 2.23. The first-order chi connectivity index (χ1) is 13.9. The van der Waals surface area contributed by atoms with E-state index < -0.39 is 5.97 Å². The molecule has 0 atom stereocenters. The van der Waals surface area contributed by atoms with Gasteiger partial charge in [-0.05, 0) is 62.2 Å². The SMILES string of the molecule is CCCn1nnnc1COC(=O)/C=C/c1cc(C)n(-c2ccnn2C(C)C)c1C. The number of tetrazole rings is 1. The normalized spacial score (nSPS) is 11.7. The second-order valence-electron chi connectivity index (χ2n) is 7.15. The zero-order chi connectivity index (χ0) is 21.0. The van der Waals surface area contributed by atoms with Crippen molar-refractivity contribution in [2.45, 2.75) is 60.2 Å². The molecule has 0 fully saturated rings. The van der Waals surface area contributed by atoms with Crippen LogP contribution in [0.15, 0.2) is 24.4 Å². The number of nitrogens with zero attached hydrogens (tertiary/aromatic N) is 7. The Kier molecular flexibility index (Phi) is 6.26. The van der Waals surface area contributed by atoms with Gasteiger partial charge in [0.15, 0.2) is 12.4 Å². The molecule has 0 aliphatic carbocycles. The van der Waals surface area contributed by atoms with Crippen molar-refractivity contribution in [2.75, 3.05) is 0 Å². The van der Waals surface area contributed by atoms with Crippen LogP contribution >= 0.6 is 0 Å². The molecule has 29 heavy (non-hydrogen) atoms. The van der Waals surface area contributed by atoms with Crippen LogP contribution < -0.4 is 0 Å². The molecule has 0 amide bonds.